The van der Waals surface area contributed by atoms with Crippen LogP contribution >= 0.6 is 0 Å². The van der Waals surface area contributed by atoms with Crippen molar-refractivity contribution in [3.63, 3.8) is 0 Å². The van der Waals surface area contributed by atoms with Crippen LogP contribution in [0.2, 0.25) is 0 Å². The molecule has 1 aromatic carbocycles. The summed E-state index contributed by atoms with van der Waals surface area (Å²) < 4.78 is 5.28. The molecule has 2 heterocycles. The van der Waals surface area contributed by atoms with Gasteiger partial charge in [-0.05, 0) is 12.5 Å². The molecule has 0 amide bonds. The van der Waals surface area contributed by atoms with E-state index in [1.807, 2.05) is 18.2 Å². The number of ether oxygens (including phenoxy) is 1. The number of hydrogen-bond donors (Lipinski definition) is 1. The van der Waals surface area contributed by atoms with E-state index in [0.29, 0.717) is 36.2 Å². The van der Waals surface area contributed by atoms with Crippen LogP contribution in [0.3, 0.4) is 0 Å². The predicted molar refractivity (Wildman–Crippen MR) is 84.8 cm³/mol. The van der Waals surface area contributed by atoms with Crippen LogP contribution in [0, 0.1) is 16.0 Å². The molecule has 7 heteroatoms. The number of pyridine rings is 1. The maximum Gasteiger partial charge on any atom is 0.295 e. The molecule has 1 aromatic heterocycles. The van der Waals surface area contributed by atoms with Crippen LogP contribution in [0.4, 0.5) is 11.5 Å². The topological polar surface area (TPSA) is 86.5 Å². The lowest BCUT2D eigenvalue weighted by atomic mass is 10.1. The number of benzene rings is 1. The second kappa shape index (κ2) is 7.17. The Morgan fingerprint density at radius 2 is 2.13 bits per heavy atom. The van der Waals surface area contributed by atoms with Crippen molar-refractivity contribution in [1.29, 1.82) is 0 Å². The van der Waals surface area contributed by atoms with Gasteiger partial charge in [-0.3, -0.25) is 15.0 Å². The third-order valence-corrected chi connectivity index (χ3v) is 3.64. The zero-order valence-corrected chi connectivity index (χ0v) is 12.5. The molecule has 0 radical (unpaired) electrons. The van der Waals surface area contributed by atoms with Crippen LogP contribution in [0.15, 0.2) is 42.5 Å². The van der Waals surface area contributed by atoms with Gasteiger partial charge in [-0.15, -0.1) is 0 Å². The average Bonchev–Trinajstić information content (AvgIpc) is 3.09. The highest BCUT2D eigenvalue weighted by molar-refractivity contribution is 5.71. The third kappa shape index (κ3) is 3.82. The molecule has 120 valence electrons. The Morgan fingerprint density at radius 1 is 1.30 bits per heavy atom. The number of anilines is 1. The zero-order valence-electron chi connectivity index (χ0n) is 12.5. The molecule has 0 aliphatic carbocycles. The van der Waals surface area contributed by atoms with E-state index < -0.39 is 4.92 Å². The fraction of sp³-hybridized carbons (Fsp3) is 0.312. The SMILES string of the molecule is O=[N+]([O-])c1ccc(NOCC2CCOC2)nc1-c1ccccc1. The second-order valence-corrected chi connectivity index (χ2v) is 5.33. The van der Waals surface area contributed by atoms with Gasteiger partial charge in [-0.1, -0.05) is 30.3 Å². The lowest BCUT2D eigenvalue weighted by Crippen LogP contribution is -2.13. The van der Waals surface area contributed by atoms with Gasteiger partial charge in [0.15, 0.2) is 11.5 Å². The summed E-state index contributed by atoms with van der Waals surface area (Å²) >= 11 is 0. The van der Waals surface area contributed by atoms with Gasteiger partial charge >= 0.3 is 0 Å². The molecule has 1 aliphatic rings. The highest BCUT2D eigenvalue weighted by Gasteiger charge is 2.18. The van der Waals surface area contributed by atoms with Crippen LogP contribution in [-0.2, 0) is 9.57 Å². The summed E-state index contributed by atoms with van der Waals surface area (Å²) in [4.78, 5) is 20.5. The van der Waals surface area contributed by atoms with Crippen molar-refractivity contribution in [2.24, 2.45) is 5.92 Å². The maximum atomic E-state index is 11.2. The summed E-state index contributed by atoms with van der Waals surface area (Å²) in [7, 11) is 0. The van der Waals surface area contributed by atoms with Crippen LogP contribution < -0.4 is 5.48 Å². The molecule has 1 fully saturated rings. The second-order valence-electron chi connectivity index (χ2n) is 5.33. The Morgan fingerprint density at radius 3 is 2.83 bits per heavy atom. The van der Waals surface area contributed by atoms with E-state index in [0.717, 1.165) is 13.0 Å². The molecule has 1 unspecified atom stereocenters. The molecule has 23 heavy (non-hydrogen) atoms. The summed E-state index contributed by atoms with van der Waals surface area (Å²) in [5, 5.41) is 11.2. The summed E-state index contributed by atoms with van der Waals surface area (Å²) in [5.41, 5.74) is 3.72. The molecule has 0 spiro atoms. The monoisotopic (exact) mass is 315 g/mol. The Bertz CT molecular complexity index is 672. The molecular weight excluding hydrogens is 298 g/mol. The van der Waals surface area contributed by atoms with Crippen molar-refractivity contribution in [2.75, 3.05) is 25.3 Å². The van der Waals surface area contributed by atoms with E-state index in [9.17, 15) is 10.1 Å². The Kier molecular flexibility index (Phi) is 4.80. The normalized spacial score (nSPS) is 17.1. The first-order valence-corrected chi connectivity index (χ1v) is 7.40. The largest absolute Gasteiger partial charge is 0.381 e. The highest BCUT2D eigenvalue weighted by Crippen LogP contribution is 2.29. The van der Waals surface area contributed by atoms with Crippen molar-refractivity contribution in [3.05, 3.63) is 52.6 Å². The van der Waals surface area contributed by atoms with Crippen LogP contribution in [-0.4, -0.2) is 29.7 Å². The van der Waals surface area contributed by atoms with Gasteiger partial charge in [-0.25, -0.2) is 10.5 Å². The molecule has 2 aromatic rings. The Balaban J connectivity index is 1.75. The van der Waals surface area contributed by atoms with E-state index in [-0.39, 0.29) is 5.69 Å². The van der Waals surface area contributed by atoms with Crippen LogP contribution in [0.5, 0.6) is 0 Å². The summed E-state index contributed by atoms with van der Waals surface area (Å²) in [6, 6.07) is 12.0. The van der Waals surface area contributed by atoms with E-state index in [1.54, 1.807) is 12.1 Å². The standard InChI is InChI=1S/C16H17N3O4/c20-19(21)14-6-7-15(18-23-11-12-8-9-22-10-12)17-16(14)13-4-2-1-3-5-13/h1-7,12H,8-11H2,(H,17,18). The van der Waals surface area contributed by atoms with E-state index in [4.69, 9.17) is 9.57 Å². The quantitative estimate of drug-likeness (QED) is 0.651. The van der Waals surface area contributed by atoms with Crippen molar-refractivity contribution >= 4 is 11.5 Å². The molecule has 1 atom stereocenters. The Hall–Kier alpha value is -2.51. The minimum atomic E-state index is -0.435. The van der Waals surface area contributed by atoms with Crippen LogP contribution in [0.25, 0.3) is 11.3 Å². The first kappa shape index (κ1) is 15.4. The summed E-state index contributed by atoms with van der Waals surface area (Å²) in [6.45, 7) is 1.98. The molecule has 7 nitrogen and oxygen atoms in total. The highest BCUT2D eigenvalue weighted by atomic mass is 16.6. The smallest absolute Gasteiger partial charge is 0.295 e. The maximum absolute atomic E-state index is 11.2. The molecule has 0 bridgehead atoms. The molecule has 1 saturated heterocycles. The molecule has 0 saturated carbocycles. The van der Waals surface area contributed by atoms with Crippen molar-refractivity contribution < 1.29 is 14.5 Å². The number of nitrogens with one attached hydrogen (secondary N) is 1. The Labute approximate surface area is 133 Å². The van der Waals surface area contributed by atoms with E-state index >= 15 is 0 Å². The minimum Gasteiger partial charge on any atom is -0.381 e. The fourth-order valence-corrected chi connectivity index (χ4v) is 2.41. The summed E-state index contributed by atoms with van der Waals surface area (Å²) in [5.74, 6) is 0.808. The number of aromatic nitrogens is 1. The number of nitro groups is 1. The predicted octanol–water partition coefficient (Wildman–Crippen LogP) is 3.04. The molecule has 1 aliphatic heterocycles. The van der Waals surface area contributed by atoms with E-state index in [2.05, 4.69) is 10.5 Å². The van der Waals surface area contributed by atoms with E-state index in [1.165, 1.54) is 12.1 Å². The first-order chi connectivity index (χ1) is 11.2. The third-order valence-electron chi connectivity index (χ3n) is 3.64. The van der Waals surface area contributed by atoms with Gasteiger partial charge in [0.05, 0.1) is 18.1 Å². The van der Waals surface area contributed by atoms with Gasteiger partial charge < -0.3 is 4.74 Å². The molecule has 3 rings (SSSR count). The van der Waals surface area contributed by atoms with Crippen molar-refractivity contribution in [1.82, 2.24) is 4.98 Å². The first-order valence-electron chi connectivity index (χ1n) is 7.40. The number of hydrogen-bond acceptors (Lipinski definition) is 6. The van der Waals surface area contributed by atoms with Gasteiger partial charge in [0.25, 0.3) is 5.69 Å². The van der Waals surface area contributed by atoms with Gasteiger partial charge in [0.2, 0.25) is 0 Å². The number of rotatable bonds is 6. The number of nitrogens with zero attached hydrogens (tertiary/aromatic N) is 2. The van der Waals surface area contributed by atoms with Crippen molar-refractivity contribution in [3.8, 4) is 11.3 Å². The minimum absolute atomic E-state index is 0.0362. The molecular formula is C16H17N3O4. The van der Waals surface area contributed by atoms with Crippen LogP contribution in [0.1, 0.15) is 6.42 Å². The lowest BCUT2D eigenvalue weighted by Gasteiger charge is -2.11. The lowest BCUT2D eigenvalue weighted by molar-refractivity contribution is -0.384. The fourth-order valence-electron chi connectivity index (χ4n) is 2.41. The van der Waals surface area contributed by atoms with Gasteiger partial charge in [-0.2, -0.15) is 0 Å². The van der Waals surface area contributed by atoms with Gasteiger partial charge in [0, 0.05) is 24.2 Å². The zero-order chi connectivity index (χ0) is 16.1. The average molecular weight is 315 g/mol. The molecule has 1 N–H and O–H groups in total. The summed E-state index contributed by atoms with van der Waals surface area (Å²) in [6.07, 6.45) is 0.977. The van der Waals surface area contributed by atoms with Gasteiger partial charge in [0.1, 0.15) is 0 Å². The van der Waals surface area contributed by atoms with Crippen molar-refractivity contribution in [2.45, 2.75) is 6.42 Å².